The summed E-state index contributed by atoms with van der Waals surface area (Å²) in [6, 6.07) is 0. The maximum absolute atomic E-state index is 3.36. The Morgan fingerprint density at radius 2 is 1.60 bits per heavy atom. The van der Waals surface area contributed by atoms with Crippen LogP contribution in [-0.4, -0.2) is 0 Å². The van der Waals surface area contributed by atoms with E-state index >= 15 is 0 Å². The first-order valence-electron chi connectivity index (χ1n) is 0.986. The van der Waals surface area contributed by atoms with Gasteiger partial charge in [0, 0.05) is 0 Å². The molecule has 0 radical (unpaired) electrons. The number of allylic oxidation sites excluding steroid dienone is 1. The van der Waals surface area contributed by atoms with E-state index in [1.54, 1.807) is 6.08 Å². The molecule has 0 aromatic carbocycles. The molecule has 5 heavy (non-hydrogen) atoms. The normalized spacial score (nSPS) is 2.60. The van der Waals surface area contributed by atoms with Gasteiger partial charge in [-0.2, -0.15) is 0 Å². The van der Waals surface area contributed by atoms with Crippen molar-refractivity contribution in [2.75, 3.05) is 0 Å². The number of hydrogen-bond acceptors (Lipinski definition) is 0. The highest BCUT2D eigenvalue weighted by Crippen LogP contribution is 1.38. The van der Waals surface area contributed by atoms with Crippen molar-refractivity contribution in [2.45, 2.75) is 6.92 Å². The third-order valence-electron chi connectivity index (χ3n) is 0. The first kappa shape index (κ1) is 18.2. The zero-order valence-electron chi connectivity index (χ0n) is 3.24. The molecule has 34 valence electrons. The van der Waals surface area contributed by atoms with Gasteiger partial charge in [0.25, 0.3) is 0 Å². The van der Waals surface area contributed by atoms with Gasteiger partial charge in [-0.05, 0) is 6.92 Å². The summed E-state index contributed by atoms with van der Waals surface area (Å²) in [5, 5.41) is 0. The molecule has 0 saturated carbocycles. The third-order valence-corrected chi connectivity index (χ3v) is 0. The van der Waals surface area contributed by atoms with Crippen LogP contribution in [0.2, 0.25) is 0 Å². The second kappa shape index (κ2) is 26.3. The Bertz CT molecular complexity index is 14.4. The standard InChI is InChI=1S/C3H6.ClH.H2S/c1-3-2;;/h3H,1H2,2H3;1H;1H2. The Kier molecular flexibility index (Phi) is 95.8. The lowest BCUT2D eigenvalue weighted by Crippen LogP contribution is -3.00. The minimum atomic E-state index is 0. The lowest BCUT2D eigenvalue weighted by atomic mass is 10.8. The summed E-state index contributed by atoms with van der Waals surface area (Å²) in [5.41, 5.74) is 0. The highest BCUT2D eigenvalue weighted by atomic mass is 35.5. The molecule has 2 heteroatoms. The number of halogens is 1. The van der Waals surface area contributed by atoms with Crippen molar-refractivity contribution < 1.29 is 12.4 Å². The largest absolute Gasteiger partial charge is 1.00 e. The van der Waals surface area contributed by atoms with Crippen LogP contribution in [0, 0.1) is 0 Å². The zero-order chi connectivity index (χ0) is 2.71. The monoisotopic (exact) mass is 112 g/mol. The first-order chi connectivity index (χ1) is 1.41. The van der Waals surface area contributed by atoms with Crippen LogP contribution in [0.3, 0.4) is 0 Å². The molecule has 0 saturated heterocycles. The van der Waals surface area contributed by atoms with Crippen molar-refractivity contribution in [1.82, 2.24) is 0 Å². The fraction of sp³-hybridized carbons (Fsp3) is 0.333. The van der Waals surface area contributed by atoms with Gasteiger partial charge in [0.15, 0.2) is 0 Å². The molecule has 0 fully saturated rings. The molecule has 0 aliphatic rings. The van der Waals surface area contributed by atoms with Crippen molar-refractivity contribution in [2.24, 2.45) is 0 Å². The van der Waals surface area contributed by atoms with E-state index in [1.807, 2.05) is 6.92 Å². The fourth-order valence-electron chi connectivity index (χ4n) is 0. The van der Waals surface area contributed by atoms with Gasteiger partial charge in [0.2, 0.25) is 0 Å². The van der Waals surface area contributed by atoms with E-state index in [9.17, 15) is 0 Å². The van der Waals surface area contributed by atoms with Crippen LogP contribution in [0.1, 0.15) is 6.92 Å². The summed E-state index contributed by atoms with van der Waals surface area (Å²) in [6.07, 6.45) is 1.75. The lowest BCUT2D eigenvalue weighted by molar-refractivity contribution is -0.000000873. The van der Waals surface area contributed by atoms with Crippen molar-refractivity contribution in [3.05, 3.63) is 12.7 Å². The maximum Gasteiger partial charge on any atom is -0.0473 e. The van der Waals surface area contributed by atoms with Crippen LogP contribution in [-0.2, 0) is 13.5 Å². The molecule has 0 nitrogen and oxygen atoms in total. The molecule has 0 unspecified atom stereocenters. The predicted octanol–water partition coefficient (Wildman–Crippen LogP) is -2.61. The maximum atomic E-state index is 3.36. The summed E-state index contributed by atoms with van der Waals surface area (Å²) in [6.45, 7) is 5.25. The minimum Gasteiger partial charge on any atom is -1.00 e. The van der Waals surface area contributed by atoms with Gasteiger partial charge < -0.3 is 12.4 Å². The Morgan fingerprint density at radius 3 is 1.60 bits per heavy atom. The van der Waals surface area contributed by atoms with E-state index < -0.39 is 0 Å². The zero-order valence-corrected chi connectivity index (χ0v) is 5.15. The molecular formula is C3H9ClS. The highest BCUT2D eigenvalue weighted by Gasteiger charge is 1.15. The van der Waals surface area contributed by atoms with Gasteiger partial charge in [-0.25, -0.2) is 0 Å². The van der Waals surface area contributed by atoms with Crippen LogP contribution in [0.15, 0.2) is 12.7 Å². The average Bonchev–Trinajstić information content (AvgIpc) is 0.918. The highest BCUT2D eigenvalue weighted by molar-refractivity contribution is 7.37. The van der Waals surface area contributed by atoms with Crippen LogP contribution < -0.4 is 12.4 Å². The van der Waals surface area contributed by atoms with E-state index in [0.717, 1.165) is 0 Å². The minimum absolute atomic E-state index is 0. The smallest absolute Gasteiger partial charge is 0.0473 e. The Labute approximate surface area is 46.1 Å². The second-order valence-electron chi connectivity index (χ2n) is 0.408. The summed E-state index contributed by atoms with van der Waals surface area (Å²) >= 11 is 0. The SMILES string of the molecule is C=CC.[Cl-].[SH3+]. The Hall–Kier alpha value is 0.380. The summed E-state index contributed by atoms with van der Waals surface area (Å²) in [4.78, 5) is 0. The third kappa shape index (κ3) is 172. The molecule has 0 atom stereocenters. The molecule has 0 aliphatic heterocycles. The van der Waals surface area contributed by atoms with Crippen LogP contribution in [0.4, 0.5) is 0 Å². The van der Waals surface area contributed by atoms with Crippen LogP contribution in [0.25, 0.3) is 0 Å². The second-order valence-corrected chi connectivity index (χ2v) is 0.408. The molecule has 0 aromatic rings. The van der Waals surface area contributed by atoms with E-state index in [0.29, 0.717) is 0 Å². The van der Waals surface area contributed by atoms with E-state index in [-0.39, 0.29) is 25.9 Å². The van der Waals surface area contributed by atoms with Gasteiger partial charge in [-0.1, -0.05) is 19.6 Å². The van der Waals surface area contributed by atoms with Gasteiger partial charge in [-0.15, -0.1) is 6.58 Å². The lowest BCUT2D eigenvalue weighted by Gasteiger charge is -1.31. The van der Waals surface area contributed by atoms with Crippen molar-refractivity contribution in [1.29, 1.82) is 0 Å². The van der Waals surface area contributed by atoms with Gasteiger partial charge in [0.05, 0.1) is 0 Å². The summed E-state index contributed by atoms with van der Waals surface area (Å²) in [5.74, 6) is 0. The number of hydrogen-bond donors (Lipinski definition) is 0. The summed E-state index contributed by atoms with van der Waals surface area (Å²) in [7, 11) is 0. The van der Waals surface area contributed by atoms with Gasteiger partial charge in [-0.3, -0.25) is 0 Å². The number of rotatable bonds is 0. The molecule has 0 aliphatic carbocycles. The Morgan fingerprint density at radius 1 is 1.60 bits per heavy atom. The van der Waals surface area contributed by atoms with E-state index in [1.165, 1.54) is 0 Å². The van der Waals surface area contributed by atoms with E-state index in [2.05, 4.69) is 6.58 Å². The molecule has 0 heterocycles. The van der Waals surface area contributed by atoms with Gasteiger partial charge >= 0.3 is 0 Å². The molecule has 0 aromatic heterocycles. The fourth-order valence-corrected chi connectivity index (χ4v) is 0. The average molecular weight is 113 g/mol. The van der Waals surface area contributed by atoms with Crippen molar-refractivity contribution >= 4 is 13.5 Å². The van der Waals surface area contributed by atoms with E-state index in [4.69, 9.17) is 0 Å². The van der Waals surface area contributed by atoms with Crippen molar-refractivity contribution in [3.63, 3.8) is 0 Å². The predicted molar refractivity (Wildman–Crippen MR) is 27.4 cm³/mol. The summed E-state index contributed by atoms with van der Waals surface area (Å²) < 4.78 is 0. The Balaban J connectivity index is -0.0000000200. The van der Waals surface area contributed by atoms with Crippen LogP contribution >= 0.6 is 0 Å². The molecule has 0 N–H and O–H groups in total. The quantitative estimate of drug-likeness (QED) is 0.238. The topological polar surface area (TPSA) is 0 Å². The van der Waals surface area contributed by atoms with Crippen LogP contribution in [0.5, 0.6) is 0 Å². The molecule has 0 spiro atoms. The first-order valence-corrected chi connectivity index (χ1v) is 0.986. The molecule has 0 amide bonds. The molecular weight excluding hydrogens is 104 g/mol. The van der Waals surface area contributed by atoms with Gasteiger partial charge in [0.1, 0.15) is 0 Å². The molecule has 0 rings (SSSR count). The molecule has 0 bridgehead atoms. The van der Waals surface area contributed by atoms with Crippen molar-refractivity contribution in [3.8, 4) is 0 Å².